The van der Waals surface area contributed by atoms with E-state index in [1.165, 1.54) is 6.07 Å². The Morgan fingerprint density at radius 2 is 1.56 bits per heavy atom. The minimum Gasteiger partial charge on any atom is -0.273 e. The quantitative estimate of drug-likeness (QED) is 0.324. The Bertz CT molecular complexity index is 1290. The number of para-hydroxylation sites is 2. The molecule has 3 aromatic carbocycles. The van der Waals surface area contributed by atoms with Gasteiger partial charge in [-0.1, -0.05) is 54.1 Å². The van der Waals surface area contributed by atoms with Gasteiger partial charge in [0.25, 0.3) is 11.6 Å². The van der Waals surface area contributed by atoms with E-state index in [0.29, 0.717) is 16.9 Å². The van der Waals surface area contributed by atoms with Crippen LogP contribution in [-0.4, -0.2) is 28.9 Å². The molecule has 0 aliphatic carbocycles. The van der Waals surface area contributed by atoms with Crippen LogP contribution in [0.5, 0.6) is 0 Å². The van der Waals surface area contributed by atoms with Gasteiger partial charge < -0.3 is 0 Å². The lowest BCUT2D eigenvalue weighted by Gasteiger charge is -2.26. The number of carbonyl (C=O) groups is 2. The van der Waals surface area contributed by atoms with E-state index in [1.54, 1.807) is 59.7 Å². The topological polar surface area (TPSA) is 93.0 Å². The van der Waals surface area contributed by atoms with Crippen LogP contribution in [0.3, 0.4) is 0 Å². The number of carbonyl (C=O) groups excluding carboxylic acids is 2. The van der Waals surface area contributed by atoms with Crippen LogP contribution < -0.4 is 9.96 Å². The number of nitro groups is 1. The van der Waals surface area contributed by atoms with E-state index in [1.807, 2.05) is 37.3 Å². The van der Waals surface area contributed by atoms with Crippen molar-refractivity contribution >= 4 is 35.0 Å². The SMILES string of the molecule is Cc1ccc(N2O[C@H]3C(=O)N(c4ccccc4)C(=O)[C@H]3[C@@H]2/C=C/c2ccccc2[N+](=O)[O-])cc1. The molecule has 0 bridgehead atoms. The van der Waals surface area contributed by atoms with Gasteiger partial charge in [-0.25, -0.2) is 9.96 Å². The molecule has 2 fully saturated rings. The van der Waals surface area contributed by atoms with Crippen molar-refractivity contribution < 1.29 is 19.3 Å². The second kappa shape index (κ2) is 8.57. The number of nitrogens with zero attached hydrogens (tertiary/aromatic N) is 3. The van der Waals surface area contributed by atoms with Crippen LogP contribution in [-0.2, 0) is 14.4 Å². The van der Waals surface area contributed by atoms with Crippen LogP contribution in [0.15, 0.2) is 84.9 Å². The fraction of sp³-hybridized carbons (Fsp3) is 0.154. The first-order valence-electron chi connectivity index (χ1n) is 10.8. The first-order chi connectivity index (χ1) is 16.5. The van der Waals surface area contributed by atoms with E-state index in [0.717, 1.165) is 10.5 Å². The Kier molecular flexibility index (Phi) is 5.43. The van der Waals surface area contributed by atoms with Crippen LogP contribution in [0, 0.1) is 23.0 Å². The highest BCUT2D eigenvalue weighted by Crippen LogP contribution is 2.41. The van der Waals surface area contributed by atoms with Crippen molar-refractivity contribution in [2.75, 3.05) is 9.96 Å². The summed E-state index contributed by atoms with van der Waals surface area (Å²) in [6.45, 7) is 1.96. The summed E-state index contributed by atoms with van der Waals surface area (Å²) in [6.07, 6.45) is 2.32. The molecule has 5 rings (SSSR count). The lowest BCUT2D eigenvalue weighted by Crippen LogP contribution is -2.39. The Balaban J connectivity index is 1.55. The molecule has 2 heterocycles. The van der Waals surface area contributed by atoms with Crippen molar-refractivity contribution in [2.24, 2.45) is 5.92 Å². The van der Waals surface area contributed by atoms with E-state index in [-0.39, 0.29) is 11.6 Å². The van der Waals surface area contributed by atoms with Crippen molar-refractivity contribution in [1.29, 1.82) is 0 Å². The molecule has 0 aromatic heterocycles. The highest BCUT2D eigenvalue weighted by atomic mass is 16.7. The molecule has 0 N–H and O–H groups in total. The smallest absolute Gasteiger partial charge is 0.273 e. The van der Waals surface area contributed by atoms with Crippen LogP contribution in [0.25, 0.3) is 6.08 Å². The van der Waals surface area contributed by atoms with Crippen molar-refractivity contribution in [2.45, 2.75) is 19.1 Å². The zero-order valence-electron chi connectivity index (χ0n) is 18.3. The summed E-state index contributed by atoms with van der Waals surface area (Å²) >= 11 is 0. The number of rotatable bonds is 5. The fourth-order valence-corrected chi connectivity index (χ4v) is 4.39. The Morgan fingerprint density at radius 3 is 2.26 bits per heavy atom. The number of imide groups is 1. The van der Waals surface area contributed by atoms with Gasteiger partial charge in [0.15, 0.2) is 6.10 Å². The first kappa shape index (κ1) is 21.5. The third kappa shape index (κ3) is 3.64. The van der Waals surface area contributed by atoms with Gasteiger partial charge in [-0.05, 0) is 43.3 Å². The highest BCUT2D eigenvalue weighted by Gasteiger charge is 2.59. The van der Waals surface area contributed by atoms with E-state index in [4.69, 9.17) is 4.84 Å². The van der Waals surface area contributed by atoms with Crippen molar-refractivity contribution in [3.63, 3.8) is 0 Å². The number of hydrogen-bond acceptors (Lipinski definition) is 6. The number of benzene rings is 3. The molecule has 0 saturated carbocycles. The standard InChI is InChI=1S/C26H21N3O5/c1-17-11-14-20(15-12-17)28-22(16-13-18-7-5-6-10-21(18)29(32)33)23-24(34-28)26(31)27(25(23)30)19-8-3-2-4-9-19/h2-16,22-24H,1H3/b16-13+/t22-,23-,24+/m0/s1. The maximum Gasteiger partial charge on any atom is 0.276 e. The second-order valence-electron chi connectivity index (χ2n) is 8.23. The number of hydroxylamine groups is 1. The van der Waals surface area contributed by atoms with Gasteiger partial charge in [0.1, 0.15) is 5.92 Å². The fourth-order valence-electron chi connectivity index (χ4n) is 4.39. The molecule has 8 nitrogen and oxygen atoms in total. The first-order valence-corrected chi connectivity index (χ1v) is 10.8. The van der Waals surface area contributed by atoms with E-state index in [9.17, 15) is 19.7 Å². The number of fused-ring (bicyclic) bond motifs is 1. The zero-order chi connectivity index (χ0) is 23.8. The number of nitro benzene ring substituents is 1. The Morgan fingerprint density at radius 1 is 0.882 bits per heavy atom. The molecule has 34 heavy (non-hydrogen) atoms. The van der Waals surface area contributed by atoms with Gasteiger partial charge in [-0.3, -0.25) is 24.5 Å². The minimum atomic E-state index is -0.991. The van der Waals surface area contributed by atoms with Crippen molar-refractivity contribution in [3.8, 4) is 0 Å². The monoisotopic (exact) mass is 455 g/mol. The van der Waals surface area contributed by atoms with Gasteiger partial charge in [-0.15, -0.1) is 0 Å². The molecule has 2 amide bonds. The lowest BCUT2D eigenvalue weighted by molar-refractivity contribution is -0.385. The van der Waals surface area contributed by atoms with Crippen LogP contribution >= 0.6 is 0 Å². The zero-order valence-corrected chi connectivity index (χ0v) is 18.3. The molecule has 3 atom stereocenters. The molecule has 3 aromatic rings. The van der Waals surface area contributed by atoms with Gasteiger partial charge in [0, 0.05) is 6.07 Å². The van der Waals surface area contributed by atoms with Gasteiger partial charge in [0.2, 0.25) is 5.91 Å². The normalized spacial score (nSPS) is 22.0. The molecule has 2 aliphatic heterocycles. The van der Waals surface area contributed by atoms with Crippen LogP contribution in [0.2, 0.25) is 0 Å². The van der Waals surface area contributed by atoms with Crippen molar-refractivity contribution in [1.82, 2.24) is 0 Å². The molecule has 0 radical (unpaired) electrons. The largest absolute Gasteiger partial charge is 0.276 e. The summed E-state index contributed by atoms with van der Waals surface area (Å²) in [4.78, 5) is 44.9. The molecule has 0 spiro atoms. The predicted molar refractivity (Wildman–Crippen MR) is 127 cm³/mol. The summed E-state index contributed by atoms with van der Waals surface area (Å²) < 4.78 is 0. The number of hydrogen-bond donors (Lipinski definition) is 0. The lowest BCUT2D eigenvalue weighted by atomic mass is 9.95. The third-order valence-corrected chi connectivity index (χ3v) is 6.07. The molecule has 0 unspecified atom stereocenters. The number of aryl methyl sites for hydroxylation is 1. The van der Waals surface area contributed by atoms with Gasteiger partial charge >= 0.3 is 0 Å². The Hall–Kier alpha value is -4.30. The highest BCUT2D eigenvalue weighted by molar-refractivity contribution is 6.24. The van der Waals surface area contributed by atoms with Crippen molar-refractivity contribution in [3.05, 3.63) is 106 Å². The summed E-state index contributed by atoms with van der Waals surface area (Å²) in [5.74, 6) is -1.60. The average Bonchev–Trinajstić information content (AvgIpc) is 3.34. The van der Waals surface area contributed by atoms with Gasteiger partial charge in [0.05, 0.1) is 27.9 Å². The third-order valence-electron chi connectivity index (χ3n) is 6.07. The van der Waals surface area contributed by atoms with Crippen LogP contribution in [0.1, 0.15) is 11.1 Å². The van der Waals surface area contributed by atoms with E-state index >= 15 is 0 Å². The second-order valence-corrected chi connectivity index (χ2v) is 8.23. The number of anilines is 2. The van der Waals surface area contributed by atoms with E-state index < -0.39 is 28.9 Å². The summed E-state index contributed by atoms with van der Waals surface area (Å²) in [6, 6.07) is 22.0. The molecule has 2 saturated heterocycles. The average molecular weight is 455 g/mol. The molecule has 2 aliphatic rings. The minimum absolute atomic E-state index is 0.0455. The summed E-state index contributed by atoms with van der Waals surface area (Å²) in [5.41, 5.74) is 2.58. The summed E-state index contributed by atoms with van der Waals surface area (Å²) in [5, 5.41) is 13.0. The van der Waals surface area contributed by atoms with Crippen LogP contribution in [0.4, 0.5) is 17.1 Å². The molecule has 8 heteroatoms. The summed E-state index contributed by atoms with van der Waals surface area (Å²) in [7, 11) is 0. The van der Waals surface area contributed by atoms with E-state index in [2.05, 4.69) is 0 Å². The maximum absolute atomic E-state index is 13.5. The van der Waals surface area contributed by atoms with Gasteiger partial charge in [-0.2, -0.15) is 0 Å². The Labute approximate surface area is 195 Å². The maximum atomic E-state index is 13.5. The predicted octanol–water partition coefficient (Wildman–Crippen LogP) is 4.30. The molecule has 170 valence electrons. The molecular weight excluding hydrogens is 434 g/mol. The molecular formula is C26H21N3O5. The number of amides is 2.